The highest BCUT2D eigenvalue weighted by Gasteiger charge is 2.25. The van der Waals surface area contributed by atoms with E-state index in [1.165, 1.54) is 0 Å². The van der Waals surface area contributed by atoms with Gasteiger partial charge in [0.2, 0.25) is 0 Å². The molecule has 0 spiro atoms. The fraction of sp³-hybridized carbons (Fsp3) is 0.538. The van der Waals surface area contributed by atoms with E-state index in [1.54, 1.807) is 7.11 Å². The van der Waals surface area contributed by atoms with Crippen LogP contribution in [0.5, 0.6) is 17.2 Å². The topological polar surface area (TPSA) is 53.7 Å². The standard InChI is InChI=1S/C13H18BrNO3/c1-8(7-15)11-12(16-2)9(14)6-10-13(11)18-5-3-4-17-10/h6,8H,3-5,7,15H2,1-2H3. The molecule has 1 aliphatic rings. The van der Waals surface area contributed by atoms with E-state index in [-0.39, 0.29) is 5.92 Å². The summed E-state index contributed by atoms with van der Waals surface area (Å²) in [4.78, 5) is 0. The fourth-order valence-electron chi connectivity index (χ4n) is 2.05. The third-order valence-electron chi connectivity index (χ3n) is 3.03. The monoisotopic (exact) mass is 315 g/mol. The molecule has 2 N–H and O–H groups in total. The Morgan fingerprint density at radius 2 is 2.17 bits per heavy atom. The average Bonchev–Trinajstić information content (AvgIpc) is 2.61. The second kappa shape index (κ2) is 5.80. The number of benzene rings is 1. The molecule has 1 unspecified atom stereocenters. The number of rotatable bonds is 3. The molecule has 0 saturated carbocycles. The van der Waals surface area contributed by atoms with Gasteiger partial charge in [-0.25, -0.2) is 0 Å². The van der Waals surface area contributed by atoms with Crippen LogP contribution >= 0.6 is 15.9 Å². The van der Waals surface area contributed by atoms with Crippen LogP contribution in [-0.2, 0) is 0 Å². The van der Waals surface area contributed by atoms with Crippen LogP contribution in [0.25, 0.3) is 0 Å². The first-order valence-electron chi connectivity index (χ1n) is 6.05. The maximum atomic E-state index is 5.82. The van der Waals surface area contributed by atoms with E-state index in [2.05, 4.69) is 22.9 Å². The van der Waals surface area contributed by atoms with Crippen LogP contribution in [-0.4, -0.2) is 26.9 Å². The predicted molar refractivity (Wildman–Crippen MR) is 73.8 cm³/mol. The molecule has 0 aliphatic carbocycles. The van der Waals surface area contributed by atoms with Crippen LogP contribution in [0, 0.1) is 0 Å². The van der Waals surface area contributed by atoms with E-state index in [0.29, 0.717) is 19.8 Å². The van der Waals surface area contributed by atoms with Crippen LogP contribution in [0.4, 0.5) is 0 Å². The third-order valence-corrected chi connectivity index (χ3v) is 3.62. The molecule has 1 aromatic rings. The van der Waals surface area contributed by atoms with Crippen molar-refractivity contribution < 1.29 is 14.2 Å². The zero-order valence-electron chi connectivity index (χ0n) is 10.7. The summed E-state index contributed by atoms with van der Waals surface area (Å²) in [7, 11) is 1.65. The highest BCUT2D eigenvalue weighted by Crippen LogP contribution is 2.47. The van der Waals surface area contributed by atoms with E-state index >= 15 is 0 Å². The molecule has 1 heterocycles. The van der Waals surface area contributed by atoms with Crippen molar-refractivity contribution in [1.29, 1.82) is 0 Å². The minimum absolute atomic E-state index is 0.146. The first-order chi connectivity index (χ1) is 8.69. The second-order valence-corrected chi connectivity index (χ2v) is 5.17. The average molecular weight is 316 g/mol. The number of ether oxygens (including phenoxy) is 3. The molecule has 1 aromatic carbocycles. The SMILES string of the molecule is COc1c(Br)cc2c(c1C(C)CN)OCCCO2. The van der Waals surface area contributed by atoms with Crippen molar-refractivity contribution in [2.75, 3.05) is 26.9 Å². The lowest BCUT2D eigenvalue weighted by Crippen LogP contribution is -2.12. The van der Waals surface area contributed by atoms with Crippen LogP contribution in [0.1, 0.15) is 24.8 Å². The minimum Gasteiger partial charge on any atom is -0.495 e. The molecule has 0 bridgehead atoms. The van der Waals surface area contributed by atoms with Crippen LogP contribution in [0.2, 0.25) is 0 Å². The summed E-state index contributed by atoms with van der Waals surface area (Å²) in [6.07, 6.45) is 0.880. The second-order valence-electron chi connectivity index (χ2n) is 4.32. The summed E-state index contributed by atoms with van der Waals surface area (Å²) >= 11 is 3.51. The highest BCUT2D eigenvalue weighted by atomic mass is 79.9. The van der Waals surface area contributed by atoms with Crippen molar-refractivity contribution in [2.45, 2.75) is 19.3 Å². The molecule has 1 aliphatic heterocycles. The lowest BCUT2D eigenvalue weighted by Gasteiger charge is -2.21. The quantitative estimate of drug-likeness (QED) is 0.931. The largest absolute Gasteiger partial charge is 0.495 e. The zero-order chi connectivity index (χ0) is 13.1. The van der Waals surface area contributed by atoms with Gasteiger partial charge in [-0.15, -0.1) is 0 Å². The Morgan fingerprint density at radius 1 is 1.44 bits per heavy atom. The molecule has 5 heteroatoms. The van der Waals surface area contributed by atoms with Crippen molar-refractivity contribution in [2.24, 2.45) is 5.73 Å². The Kier molecular flexibility index (Phi) is 4.35. The Balaban J connectivity index is 2.60. The van der Waals surface area contributed by atoms with Gasteiger partial charge in [0.1, 0.15) is 5.75 Å². The molecule has 0 radical (unpaired) electrons. The molecule has 0 aromatic heterocycles. The van der Waals surface area contributed by atoms with Gasteiger partial charge in [0.15, 0.2) is 11.5 Å². The van der Waals surface area contributed by atoms with E-state index in [9.17, 15) is 0 Å². The summed E-state index contributed by atoms with van der Waals surface area (Å²) in [6, 6.07) is 1.90. The van der Waals surface area contributed by atoms with Gasteiger partial charge in [0, 0.05) is 24.0 Å². The normalized spacial score (nSPS) is 16.0. The predicted octanol–water partition coefficient (Wildman–Crippen LogP) is 2.68. The summed E-state index contributed by atoms with van der Waals surface area (Å²) in [5.41, 5.74) is 6.76. The van der Waals surface area contributed by atoms with E-state index in [1.807, 2.05) is 6.07 Å². The van der Waals surface area contributed by atoms with Gasteiger partial charge in [-0.3, -0.25) is 0 Å². The van der Waals surface area contributed by atoms with Crippen molar-refractivity contribution >= 4 is 15.9 Å². The van der Waals surface area contributed by atoms with Crippen molar-refractivity contribution in [3.63, 3.8) is 0 Å². The molecule has 0 fully saturated rings. The first-order valence-corrected chi connectivity index (χ1v) is 6.84. The first kappa shape index (κ1) is 13.5. The van der Waals surface area contributed by atoms with Gasteiger partial charge in [0.05, 0.1) is 24.8 Å². The molecule has 100 valence electrons. The van der Waals surface area contributed by atoms with Gasteiger partial charge in [-0.2, -0.15) is 0 Å². The molecule has 0 amide bonds. The maximum absolute atomic E-state index is 5.82. The molecule has 1 atom stereocenters. The zero-order valence-corrected chi connectivity index (χ0v) is 12.2. The molecule has 4 nitrogen and oxygen atoms in total. The highest BCUT2D eigenvalue weighted by molar-refractivity contribution is 9.10. The van der Waals surface area contributed by atoms with Crippen LogP contribution in [0.15, 0.2) is 10.5 Å². The molecular weight excluding hydrogens is 298 g/mol. The van der Waals surface area contributed by atoms with Gasteiger partial charge in [-0.1, -0.05) is 6.92 Å². The molecule has 2 rings (SSSR count). The molecule has 0 saturated heterocycles. The number of fused-ring (bicyclic) bond motifs is 1. The number of hydrogen-bond acceptors (Lipinski definition) is 4. The summed E-state index contributed by atoms with van der Waals surface area (Å²) in [5, 5.41) is 0. The van der Waals surface area contributed by atoms with Crippen molar-refractivity contribution in [3.8, 4) is 17.2 Å². The smallest absolute Gasteiger partial charge is 0.168 e. The maximum Gasteiger partial charge on any atom is 0.168 e. The lowest BCUT2D eigenvalue weighted by atomic mass is 9.98. The Bertz CT molecular complexity index is 437. The van der Waals surface area contributed by atoms with Crippen LogP contribution in [0.3, 0.4) is 0 Å². The van der Waals surface area contributed by atoms with Gasteiger partial charge >= 0.3 is 0 Å². The van der Waals surface area contributed by atoms with Gasteiger partial charge in [0.25, 0.3) is 0 Å². The van der Waals surface area contributed by atoms with E-state index < -0.39 is 0 Å². The summed E-state index contributed by atoms with van der Waals surface area (Å²) < 4.78 is 17.9. The lowest BCUT2D eigenvalue weighted by molar-refractivity contribution is 0.295. The van der Waals surface area contributed by atoms with E-state index in [4.69, 9.17) is 19.9 Å². The number of methoxy groups -OCH3 is 1. The van der Waals surface area contributed by atoms with Crippen molar-refractivity contribution in [3.05, 3.63) is 16.1 Å². The summed E-state index contributed by atoms with van der Waals surface area (Å²) in [6.45, 7) is 3.91. The Labute approximate surface area is 116 Å². The molecule has 18 heavy (non-hydrogen) atoms. The minimum atomic E-state index is 0.146. The third kappa shape index (κ3) is 2.42. The molecular formula is C13H18BrNO3. The summed E-state index contributed by atoms with van der Waals surface area (Å²) in [5.74, 6) is 2.45. The van der Waals surface area contributed by atoms with Crippen LogP contribution < -0.4 is 19.9 Å². The Morgan fingerprint density at radius 3 is 2.83 bits per heavy atom. The number of nitrogens with two attached hydrogens (primary N) is 1. The Hall–Kier alpha value is -0.940. The van der Waals surface area contributed by atoms with Gasteiger partial charge in [-0.05, 0) is 22.5 Å². The number of hydrogen-bond donors (Lipinski definition) is 1. The van der Waals surface area contributed by atoms with Crippen molar-refractivity contribution in [1.82, 2.24) is 0 Å². The fourth-order valence-corrected chi connectivity index (χ4v) is 2.64. The van der Waals surface area contributed by atoms with E-state index in [0.717, 1.165) is 33.7 Å². The number of halogens is 1. The van der Waals surface area contributed by atoms with Gasteiger partial charge < -0.3 is 19.9 Å².